The van der Waals surface area contributed by atoms with Crippen molar-refractivity contribution in [2.75, 3.05) is 20.8 Å². The van der Waals surface area contributed by atoms with Gasteiger partial charge in [0.15, 0.2) is 0 Å². The number of ether oxygens (including phenoxy) is 2. The molecule has 0 aromatic rings. The summed E-state index contributed by atoms with van der Waals surface area (Å²) in [6.45, 7) is 0.666. The third-order valence-corrected chi connectivity index (χ3v) is 3.79. The molecule has 1 aliphatic rings. The number of amides is 1. The van der Waals surface area contributed by atoms with Gasteiger partial charge in [0.25, 0.3) is 0 Å². The second kappa shape index (κ2) is 8.15. The van der Waals surface area contributed by atoms with E-state index in [1.165, 1.54) is 7.11 Å². The van der Waals surface area contributed by atoms with E-state index >= 15 is 0 Å². The van der Waals surface area contributed by atoms with Crippen molar-refractivity contribution in [1.29, 1.82) is 0 Å². The molecule has 0 saturated heterocycles. The van der Waals surface area contributed by atoms with Gasteiger partial charge in [0.2, 0.25) is 5.91 Å². The predicted octanol–water partition coefficient (Wildman–Crippen LogP) is 1.80. The minimum atomic E-state index is -0.199. The Bertz CT molecular complexity index is 294. The molecule has 0 aliphatic heterocycles. The summed E-state index contributed by atoms with van der Waals surface area (Å²) < 4.78 is 9.97. The van der Waals surface area contributed by atoms with Gasteiger partial charge in [-0.2, -0.15) is 0 Å². The maximum absolute atomic E-state index is 11.7. The van der Waals surface area contributed by atoms with Gasteiger partial charge in [0.05, 0.1) is 19.1 Å². The molecule has 1 amide bonds. The number of hydrogen-bond acceptors (Lipinski definition) is 4. The predicted molar refractivity (Wildman–Crippen MR) is 71.7 cm³/mol. The van der Waals surface area contributed by atoms with Crippen molar-refractivity contribution in [2.45, 2.75) is 57.0 Å². The highest BCUT2D eigenvalue weighted by molar-refractivity contribution is 5.77. The van der Waals surface area contributed by atoms with Crippen molar-refractivity contribution >= 4 is 11.9 Å². The normalized spacial score (nSPS) is 16.5. The quantitative estimate of drug-likeness (QED) is 0.513. The van der Waals surface area contributed by atoms with Crippen molar-refractivity contribution in [3.05, 3.63) is 0 Å². The standard InChI is InChI=1S/C14H25NO4/c1-18-13(17)7-4-3-5-10-15-12(16)11-14(19-2)8-6-9-14/h3-11H2,1-2H3,(H,15,16). The molecule has 0 bridgehead atoms. The summed E-state index contributed by atoms with van der Waals surface area (Å²) >= 11 is 0. The van der Waals surface area contributed by atoms with Crippen LogP contribution in [0.3, 0.4) is 0 Å². The zero-order valence-corrected chi connectivity index (χ0v) is 12.0. The fraction of sp³-hybridized carbons (Fsp3) is 0.857. The lowest BCUT2D eigenvalue weighted by atomic mass is 9.77. The van der Waals surface area contributed by atoms with E-state index in [9.17, 15) is 9.59 Å². The highest BCUT2D eigenvalue weighted by Crippen LogP contribution is 2.37. The molecule has 1 fully saturated rings. The van der Waals surface area contributed by atoms with E-state index in [1.54, 1.807) is 7.11 Å². The van der Waals surface area contributed by atoms with E-state index in [2.05, 4.69) is 10.1 Å². The summed E-state index contributed by atoms with van der Waals surface area (Å²) in [6, 6.07) is 0. The molecular formula is C14H25NO4. The van der Waals surface area contributed by atoms with Gasteiger partial charge in [-0.25, -0.2) is 0 Å². The molecule has 0 unspecified atom stereocenters. The number of carbonyl (C=O) groups is 2. The van der Waals surface area contributed by atoms with Crippen LogP contribution in [0.15, 0.2) is 0 Å². The lowest BCUT2D eigenvalue weighted by Crippen LogP contribution is -2.44. The van der Waals surface area contributed by atoms with Crippen LogP contribution in [-0.2, 0) is 19.1 Å². The maximum atomic E-state index is 11.7. The average molecular weight is 271 g/mol. The average Bonchev–Trinajstić information content (AvgIpc) is 2.37. The van der Waals surface area contributed by atoms with E-state index in [1.807, 2.05) is 0 Å². The number of unbranched alkanes of at least 4 members (excludes halogenated alkanes) is 2. The van der Waals surface area contributed by atoms with Crippen molar-refractivity contribution in [3.8, 4) is 0 Å². The molecule has 0 aromatic heterocycles. The Morgan fingerprint density at radius 1 is 1.16 bits per heavy atom. The van der Waals surface area contributed by atoms with Gasteiger partial charge in [0, 0.05) is 20.1 Å². The molecule has 110 valence electrons. The Morgan fingerprint density at radius 3 is 2.42 bits per heavy atom. The van der Waals surface area contributed by atoms with E-state index in [0.29, 0.717) is 19.4 Å². The first-order valence-electron chi connectivity index (χ1n) is 7.00. The first-order valence-corrected chi connectivity index (χ1v) is 7.00. The largest absolute Gasteiger partial charge is 0.469 e. The highest BCUT2D eigenvalue weighted by Gasteiger charge is 2.38. The zero-order valence-electron chi connectivity index (χ0n) is 12.0. The fourth-order valence-electron chi connectivity index (χ4n) is 2.28. The number of rotatable bonds is 9. The third-order valence-electron chi connectivity index (χ3n) is 3.79. The number of methoxy groups -OCH3 is 2. The Labute approximate surface area is 115 Å². The van der Waals surface area contributed by atoms with Gasteiger partial charge in [-0.3, -0.25) is 9.59 Å². The summed E-state index contributed by atoms with van der Waals surface area (Å²) in [5, 5.41) is 2.91. The first-order chi connectivity index (χ1) is 9.12. The molecular weight excluding hydrogens is 246 g/mol. The molecule has 0 spiro atoms. The summed E-state index contributed by atoms with van der Waals surface area (Å²) in [7, 11) is 3.08. The smallest absolute Gasteiger partial charge is 0.305 e. The Hall–Kier alpha value is -1.10. The van der Waals surface area contributed by atoms with E-state index in [0.717, 1.165) is 38.5 Å². The van der Waals surface area contributed by atoms with Crippen LogP contribution in [0.1, 0.15) is 51.4 Å². The van der Waals surface area contributed by atoms with Gasteiger partial charge in [-0.1, -0.05) is 6.42 Å². The minimum absolute atomic E-state index is 0.0644. The Kier molecular flexibility index (Phi) is 6.84. The monoisotopic (exact) mass is 271 g/mol. The molecule has 19 heavy (non-hydrogen) atoms. The number of esters is 1. The molecule has 1 N–H and O–H groups in total. The number of nitrogens with one attached hydrogen (secondary N) is 1. The summed E-state index contributed by atoms with van der Waals surface area (Å²) in [4.78, 5) is 22.6. The van der Waals surface area contributed by atoms with Gasteiger partial charge in [-0.05, 0) is 32.1 Å². The Balaban J connectivity index is 2.00. The third kappa shape index (κ3) is 5.59. The van der Waals surface area contributed by atoms with Crippen molar-refractivity contribution in [2.24, 2.45) is 0 Å². The van der Waals surface area contributed by atoms with Crippen LogP contribution in [0.2, 0.25) is 0 Å². The molecule has 0 atom stereocenters. The lowest BCUT2D eigenvalue weighted by molar-refractivity contribution is -0.140. The SMILES string of the molecule is COC(=O)CCCCCNC(=O)CC1(OC)CCC1. The van der Waals surface area contributed by atoms with E-state index < -0.39 is 0 Å². The zero-order chi connectivity index (χ0) is 14.1. The summed E-state index contributed by atoms with van der Waals surface area (Å²) in [5.74, 6) is -0.106. The lowest BCUT2D eigenvalue weighted by Gasteiger charge is -2.39. The van der Waals surface area contributed by atoms with E-state index in [-0.39, 0.29) is 17.5 Å². The highest BCUT2D eigenvalue weighted by atomic mass is 16.5. The second-order valence-electron chi connectivity index (χ2n) is 5.15. The van der Waals surface area contributed by atoms with Crippen LogP contribution in [0.25, 0.3) is 0 Å². The molecule has 5 nitrogen and oxygen atoms in total. The molecule has 5 heteroatoms. The second-order valence-corrected chi connectivity index (χ2v) is 5.15. The Morgan fingerprint density at radius 2 is 1.89 bits per heavy atom. The van der Waals surface area contributed by atoms with Crippen molar-refractivity contribution < 1.29 is 19.1 Å². The molecule has 0 radical (unpaired) electrons. The molecule has 0 heterocycles. The number of carbonyl (C=O) groups excluding carboxylic acids is 2. The summed E-state index contributed by atoms with van der Waals surface area (Å²) in [6.07, 6.45) is 6.65. The molecule has 0 aromatic carbocycles. The molecule has 1 saturated carbocycles. The van der Waals surface area contributed by atoms with Crippen molar-refractivity contribution in [1.82, 2.24) is 5.32 Å². The van der Waals surface area contributed by atoms with Crippen LogP contribution in [0, 0.1) is 0 Å². The van der Waals surface area contributed by atoms with Crippen LogP contribution in [0.5, 0.6) is 0 Å². The van der Waals surface area contributed by atoms with Crippen LogP contribution in [0.4, 0.5) is 0 Å². The topological polar surface area (TPSA) is 64.6 Å². The first kappa shape index (κ1) is 16.0. The number of hydrogen-bond donors (Lipinski definition) is 1. The minimum Gasteiger partial charge on any atom is -0.469 e. The molecule has 1 rings (SSSR count). The van der Waals surface area contributed by atoms with Gasteiger partial charge in [0.1, 0.15) is 0 Å². The van der Waals surface area contributed by atoms with Gasteiger partial charge < -0.3 is 14.8 Å². The van der Waals surface area contributed by atoms with Crippen molar-refractivity contribution in [3.63, 3.8) is 0 Å². The fourth-order valence-corrected chi connectivity index (χ4v) is 2.28. The van der Waals surface area contributed by atoms with Gasteiger partial charge >= 0.3 is 5.97 Å². The van der Waals surface area contributed by atoms with Crippen LogP contribution in [-0.4, -0.2) is 38.2 Å². The maximum Gasteiger partial charge on any atom is 0.305 e. The van der Waals surface area contributed by atoms with E-state index in [4.69, 9.17) is 4.74 Å². The van der Waals surface area contributed by atoms with Gasteiger partial charge in [-0.15, -0.1) is 0 Å². The van der Waals surface area contributed by atoms with Crippen LogP contribution >= 0.6 is 0 Å². The van der Waals surface area contributed by atoms with Crippen LogP contribution < -0.4 is 5.32 Å². The summed E-state index contributed by atoms with van der Waals surface area (Å²) in [5.41, 5.74) is -0.199. The molecule has 1 aliphatic carbocycles.